The maximum atomic E-state index is 14.5. The van der Waals surface area contributed by atoms with Crippen LogP contribution < -0.4 is 0 Å². The third-order valence-corrected chi connectivity index (χ3v) is 31.8. The summed E-state index contributed by atoms with van der Waals surface area (Å²) in [6.45, 7) is 5.84. The zero-order chi connectivity index (χ0) is 85.4. The van der Waals surface area contributed by atoms with Gasteiger partial charge in [-0.25, -0.2) is 52.8 Å². The van der Waals surface area contributed by atoms with Crippen molar-refractivity contribution in [1.29, 1.82) is 0 Å². The number of carbonyl (C=O) groups excluding carboxylic acids is 3. The van der Waals surface area contributed by atoms with Crippen LogP contribution in [0.25, 0.3) is 35.3 Å². The molecule has 0 amide bonds. The number of pyridine rings is 3. The van der Waals surface area contributed by atoms with E-state index < -0.39 is 45.4 Å². The number of fused-ring (bicyclic) bond motifs is 6. The fourth-order valence-corrected chi connectivity index (χ4v) is 22.9. The van der Waals surface area contributed by atoms with E-state index in [9.17, 15) is 40.2 Å². The molecule has 4 aromatic carbocycles. The van der Waals surface area contributed by atoms with Crippen LogP contribution in [0.4, 0.5) is 13.2 Å². The fourth-order valence-electron chi connectivity index (χ4n) is 18.2. The van der Waals surface area contributed by atoms with E-state index in [1.807, 2.05) is 91.2 Å². The Bertz CT molecular complexity index is 6270. The van der Waals surface area contributed by atoms with Gasteiger partial charge in [0.25, 0.3) is 0 Å². The summed E-state index contributed by atoms with van der Waals surface area (Å²) in [6, 6.07) is 37.9. The van der Waals surface area contributed by atoms with E-state index in [0.29, 0.717) is 114 Å². The first-order chi connectivity index (χ1) is 57.7. The van der Waals surface area contributed by atoms with Crippen LogP contribution in [0, 0.1) is 54.5 Å². The second-order valence-corrected chi connectivity index (χ2v) is 40.0. The molecule has 121 heavy (non-hydrogen) atoms. The highest BCUT2D eigenvalue weighted by Gasteiger charge is 2.54. The minimum Gasteiger partial charge on any atom is -0.291 e. The van der Waals surface area contributed by atoms with Crippen molar-refractivity contribution in [1.82, 2.24) is 76.8 Å². The van der Waals surface area contributed by atoms with Crippen LogP contribution >= 0.6 is 11.6 Å². The minimum atomic E-state index is -2.87. The van der Waals surface area contributed by atoms with Crippen molar-refractivity contribution in [3.63, 3.8) is 0 Å². The van der Waals surface area contributed by atoms with Crippen molar-refractivity contribution in [2.24, 2.45) is 30.3 Å². The summed E-state index contributed by atoms with van der Waals surface area (Å²) in [6.07, 6.45) is 28.4. The van der Waals surface area contributed by atoms with Gasteiger partial charge in [-0.05, 0) is 328 Å². The molecule has 6 aliphatic carbocycles. The van der Waals surface area contributed by atoms with Gasteiger partial charge in [0.15, 0.2) is 22.4 Å². The standard InChI is InChI=1S/C32H30ClFN4O2S.2C30H31FN6O2S/c1-21-14-15-35-29(16-21)31(39)32-18-22-20-36-38(26-10-7-25(34)8-11-26)30(22)17-23(32)4-9-27(19-32)37(2)41(3,40)28-12-5-24(33)6-13-28;1-20-11-13-32-26(15-20)29(38)30-17-21-19-33-37(24-9-6-23(31)7-10-24)27(21)16-22(30)5-8-25(18-30)36(3)40(4,39)28-12-14-35(2)34-28;1-20-11-12-32-27(13-20)29(38)30-15-21-17-34-37(24-9-6-23(31)7-10-24)28(21)14-22(30)5-8-25(16-30)36(3)40(4,39)26-18-33-35(2)19-26/h5-8,10-17,20,27H,3-4,9,18-19H2,1-2H3;6-7,9-16,19,25H,4-5,8,17-18H2,1-3H3;6-7,9-14,17-19,25H,4-5,8,15-16H2,1-3H3/t27-,32-,41?;2*25-,30-,40?/m000/s1. The molecule has 3 saturated carbocycles. The van der Waals surface area contributed by atoms with Gasteiger partial charge in [-0.15, -0.1) is 0 Å². The second kappa shape index (κ2) is 32.5. The van der Waals surface area contributed by atoms with Gasteiger partial charge in [-0.1, -0.05) is 28.3 Å². The lowest BCUT2D eigenvalue weighted by atomic mass is 9.60. The summed E-state index contributed by atoms with van der Waals surface area (Å²) < 4.78 is 96.8. The maximum absolute atomic E-state index is 14.5. The first kappa shape index (κ1) is 83.3. The highest BCUT2D eigenvalue weighted by atomic mass is 35.5. The van der Waals surface area contributed by atoms with E-state index in [1.54, 1.807) is 160 Å². The van der Waals surface area contributed by atoms with Crippen LogP contribution in [-0.2, 0) is 62.5 Å². The molecule has 9 atom stereocenters. The molecule has 8 heterocycles. The molecule has 6 aliphatic rings. The van der Waals surface area contributed by atoms with Crippen molar-refractivity contribution in [2.75, 3.05) is 21.1 Å². The number of rotatable bonds is 18. The van der Waals surface area contributed by atoms with Gasteiger partial charge >= 0.3 is 0 Å². The second-order valence-electron chi connectivity index (χ2n) is 32.6. The van der Waals surface area contributed by atoms with E-state index in [0.717, 1.165) is 84.2 Å². The van der Waals surface area contributed by atoms with Crippen LogP contribution in [-0.4, -0.2) is 164 Å². The quantitative estimate of drug-likeness (QED) is 0.0573. The zero-order valence-corrected chi connectivity index (χ0v) is 71.6. The Morgan fingerprint density at radius 1 is 0.446 bits per heavy atom. The first-order valence-corrected chi connectivity index (χ1v) is 45.3. The average molecular weight is 1710 g/mol. The fraction of sp³-hybridized carbons (Fsp3) is 0.283. The lowest BCUT2D eigenvalue weighted by molar-refractivity contribution is 0.0743. The number of carbonyl (C=O) groups is 3. The molecule has 3 fully saturated rings. The summed E-state index contributed by atoms with van der Waals surface area (Å²) in [5, 5.41) is 23.4. The SMILES string of the molecule is C=S(=O)(c1ccc(Cl)cc1)N(C)[C@H]1CCC2=Cc3c(cnn3-c3ccc(F)cc3)C[C@]2(C(=O)c2cc(C)ccn2)C1.C=S(=O)(c1ccn(C)n1)N(C)[C@H]1CCC2=Cc3c(cnn3-c3ccc(F)cc3)C[C@]2(C(=O)c2cc(C)ccn2)C1.C=S(=O)(c1cnn(C)c1)N(C)[C@H]1CCC2=Cc3c(cnn3-c3ccc(F)cc3)C[C@]2(C(=O)c2cc(C)ccn2)C1. The summed E-state index contributed by atoms with van der Waals surface area (Å²) in [5.41, 5.74) is 12.3. The van der Waals surface area contributed by atoms with Crippen LogP contribution in [0.5, 0.6) is 0 Å². The largest absolute Gasteiger partial charge is 0.291 e. The van der Waals surface area contributed by atoms with Gasteiger partial charge in [-0.2, -0.15) is 25.5 Å². The van der Waals surface area contributed by atoms with E-state index in [2.05, 4.69) is 76.3 Å². The smallest absolute Gasteiger partial charge is 0.191 e. The maximum Gasteiger partial charge on any atom is 0.191 e. The number of Topliss-reactive ketones (excluding diaryl/α,β-unsaturated/α-hetero) is 3. The van der Waals surface area contributed by atoms with Crippen molar-refractivity contribution in [3.05, 3.63) is 302 Å². The number of aromatic nitrogens is 13. The molecule has 0 bridgehead atoms. The highest BCUT2D eigenvalue weighted by molar-refractivity contribution is 7.98. The number of nitrogens with zero attached hydrogens (tertiary/aromatic N) is 16. The Kier molecular flexibility index (Phi) is 22.4. The highest BCUT2D eigenvalue weighted by Crippen LogP contribution is 2.55. The number of halogens is 4. The van der Waals surface area contributed by atoms with Crippen molar-refractivity contribution in [3.8, 4) is 17.1 Å². The monoisotopic (exact) mass is 1700 g/mol. The molecule has 0 radical (unpaired) electrons. The van der Waals surface area contributed by atoms with Gasteiger partial charge in [0, 0.05) is 73.1 Å². The number of ketones is 3. The van der Waals surface area contributed by atoms with Gasteiger partial charge in [0.05, 0.1) is 109 Å². The summed E-state index contributed by atoms with van der Waals surface area (Å²) in [5.74, 6) is 11.2. The molecule has 0 saturated heterocycles. The Morgan fingerprint density at radius 2 is 0.785 bits per heavy atom. The van der Waals surface area contributed by atoms with E-state index in [1.165, 1.54) is 36.4 Å². The van der Waals surface area contributed by atoms with E-state index in [4.69, 9.17) is 11.6 Å². The van der Waals surface area contributed by atoms with E-state index in [-0.39, 0.29) is 52.9 Å². The molecule has 0 spiro atoms. The predicted octanol–water partition coefficient (Wildman–Crippen LogP) is 15.2. The zero-order valence-electron chi connectivity index (χ0n) is 68.4. The number of aryl methyl sites for hydroxylation is 5. The van der Waals surface area contributed by atoms with Crippen molar-refractivity contribution in [2.45, 2.75) is 131 Å². The molecule has 12 aromatic rings. The van der Waals surface area contributed by atoms with Crippen molar-refractivity contribution >= 4 is 93.9 Å². The van der Waals surface area contributed by atoms with Gasteiger partial charge in [0.2, 0.25) is 0 Å². The molecule has 18 rings (SSSR count). The lowest BCUT2D eigenvalue weighted by Crippen LogP contribution is -2.49. The Hall–Kier alpha value is -11.4. The molecule has 0 aliphatic heterocycles. The normalized spacial score (nSPS) is 21.7. The summed E-state index contributed by atoms with van der Waals surface area (Å²) in [4.78, 5) is 57.9. The number of hydrogen-bond acceptors (Lipinski definition) is 14. The molecular weight excluding hydrogens is 1610 g/mol. The lowest BCUT2D eigenvalue weighted by Gasteiger charge is -2.46. The van der Waals surface area contributed by atoms with Crippen LogP contribution in [0.15, 0.2) is 227 Å². The van der Waals surface area contributed by atoms with E-state index >= 15 is 0 Å². The van der Waals surface area contributed by atoms with Crippen LogP contribution in [0.2, 0.25) is 5.02 Å². The molecule has 22 nitrogen and oxygen atoms in total. The molecular formula is C92H92ClF3N16O6S3. The minimum absolute atomic E-state index is 0.0438. The van der Waals surface area contributed by atoms with Gasteiger partial charge in [0.1, 0.15) is 34.5 Å². The average Bonchev–Trinajstić information content (AvgIpc) is 1.72. The molecule has 0 N–H and O–H groups in total. The molecule has 622 valence electrons. The van der Waals surface area contributed by atoms with Crippen molar-refractivity contribution < 1.29 is 40.2 Å². The molecule has 8 aromatic heterocycles. The van der Waals surface area contributed by atoms with Gasteiger partial charge < -0.3 is 0 Å². The van der Waals surface area contributed by atoms with Gasteiger partial charge in [-0.3, -0.25) is 38.7 Å². The Morgan fingerprint density at radius 3 is 1.10 bits per heavy atom. The summed E-state index contributed by atoms with van der Waals surface area (Å²) >= 11 is 6.08. The number of benzene rings is 4. The Labute approximate surface area is 707 Å². The third-order valence-electron chi connectivity index (χ3n) is 25.1. The number of allylic oxidation sites excluding steroid dienone is 3. The third kappa shape index (κ3) is 15.7. The molecule has 3 unspecified atom stereocenters. The van der Waals surface area contributed by atoms with Crippen LogP contribution in [0.1, 0.15) is 140 Å². The van der Waals surface area contributed by atoms with Crippen LogP contribution in [0.3, 0.4) is 0 Å². The summed E-state index contributed by atoms with van der Waals surface area (Å²) in [7, 11) is 0.512. The number of hydrogen-bond donors (Lipinski definition) is 0. The topological polar surface area (TPSA) is 240 Å². The Balaban J connectivity index is 0.000000135. The predicted molar refractivity (Wildman–Crippen MR) is 467 cm³/mol. The first-order valence-electron chi connectivity index (χ1n) is 39.8. The molecule has 29 heteroatoms.